The minimum absolute atomic E-state index is 0.161. The number of esters is 2. The third-order valence-corrected chi connectivity index (χ3v) is 4.36. The number of hydrogen-bond acceptors (Lipinski definition) is 6. The molecule has 0 spiro atoms. The molecule has 3 N–H and O–H groups in total. The Morgan fingerprint density at radius 2 is 1.85 bits per heavy atom. The number of benzene rings is 1. The Morgan fingerprint density at radius 3 is 2.46 bits per heavy atom. The molecule has 0 fully saturated rings. The van der Waals surface area contributed by atoms with E-state index in [1.807, 2.05) is 0 Å². The summed E-state index contributed by atoms with van der Waals surface area (Å²) < 4.78 is 10.4. The maximum absolute atomic E-state index is 12.3. The van der Waals surface area contributed by atoms with Gasteiger partial charge in [-0.3, -0.25) is 0 Å². The smallest absolute Gasteiger partial charge is 0.355 e. The van der Waals surface area contributed by atoms with Crippen molar-refractivity contribution in [3.8, 4) is 0 Å². The van der Waals surface area contributed by atoms with Crippen molar-refractivity contribution in [1.29, 1.82) is 0 Å². The van der Waals surface area contributed by atoms with Gasteiger partial charge in [0.1, 0.15) is 12.3 Å². The van der Waals surface area contributed by atoms with Gasteiger partial charge in [-0.1, -0.05) is 13.8 Å². The second kappa shape index (κ2) is 9.35. The molecule has 7 heteroatoms. The Balaban J connectivity index is 2.19. The van der Waals surface area contributed by atoms with E-state index in [4.69, 9.17) is 15.2 Å². The van der Waals surface area contributed by atoms with Crippen LogP contribution < -0.4 is 5.73 Å². The first-order valence-electron chi connectivity index (χ1n) is 8.96. The van der Waals surface area contributed by atoms with Crippen molar-refractivity contribution in [2.75, 3.05) is 32.8 Å². The zero-order chi connectivity index (χ0) is 19.1. The Bertz CT molecular complexity index is 765. The molecule has 0 amide bonds. The highest BCUT2D eigenvalue weighted by molar-refractivity contribution is 6.01. The van der Waals surface area contributed by atoms with E-state index in [1.165, 1.54) is 0 Å². The first kappa shape index (κ1) is 19.9. The Labute approximate surface area is 153 Å². The number of hydrogen-bond donors (Lipinski definition) is 2. The predicted molar refractivity (Wildman–Crippen MR) is 100 cm³/mol. The largest absolute Gasteiger partial charge is 0.461 e. The van der Waals surface area contributed by atoms with Crippen LogP contribution in [0, 0.1) is 0 Å². The van der Waals surface area contributed by atoms with Gasteiger partial charge >= 0.3 is 11.9 Å². The van der Waals surface area contributed by atoms with Crippen LogP contribution in [-0.4, -0.2) is 54.7 Å². The molecule has 0 radical (unpaired) electrons. The number of nitrogens with one attached hydrogen (secondary N) is 1. The normalized spacial score (nSPS) is 11.1. The quantitative estimate of drug-likeness (QED) is 0.665. The molecule has 2 rings (SSSR count). The third-order valence-electron chi connectivity index (χ3n) is 4.36. The van der Waals surface area contributed by atoms with Gasteiger partial charge in [0.2, 0.25) is 0 Å². The van der Waals surface area contributed by atoms with Gasteiger partial charge in [0.05, 0.1) is 12.2 Å². The monoisotopic (exact) mass is 361 g/mol. The standard InChI is InChI=1S/C19H27N3O4/c1-4-22(5-2)9-10-26-18(23)13-7-8-16-14(11-13)15(12-20)17(21-16)19(24)25-6-3/h7-8,11,21H,4-6,9-10,12,20H2,1-3H3. The van der Waals surface area contributed by atoms with Crippen LogP contribution in [0.25, 0.3) is 10.9 Å². The Kier molecular flexibility index (Phi) is 7.17. The number of carbonyl (C=O) groups excluding carboxylic acids is 2. The van der Waals surface area contributed by atoms with E-state index in [9.17, 15) is 9.59 Å². The van der Waals surface area contributed by atoms with Gasteiger partial charge in [0.25, 0.3) is 0 Å². The van der Waals surface area contributed by atoms with Crippen LogP contribution in [0.15, 0.2) is 18.2 Å². The van der Waals surface area contributed by atoms with Crippen LogP contribution in [0.1, 0.15) is 47.2 Å². The maximum Gasteiger partial charge on any atom is 0.355 e. The summed E-state index contributed by atoms with van der Waals surface area (Å²) in [5, 5.41) is 0.730. The van der Waals surface area contributed by atoms with Crippen molar-refractivity contribution in [2.45, 2.75) is 27.3 Å². The summed E-state index contributed by atoms with van der Waals surface area (Å²) in [5.74, 6) is -0.839. The van der Waals surface area contributed by atoms with E-state index in [0.717, 1.165) is 24.0 Å². The first-order chi connectivity index (χ1) is 12.5. The fourth-order valence-electron chi connectivity index (χ4n) is 2.85. The molecule has 0 atom stereocenters. The molecule has 0 saturated carbocycles. The van der Waals surface area contributed by atoms with Crippen LogP contribution in [0.5, 0.6) is 0 Å². The van der Waals surface area contributed by atoms with Crippen molar-refractivity contribution in [1.82, 2.24) is 9.88 Å². The van der Waals surface area contributed by atoms with Gasteiger partial charge in [-0.05, 0) is 38.2 Å². The lowest BCUT2D eigenvalue weighted by molar-refractivity contribution is 0.0465. The second-order valence-electron chi connectivity index (χ2n) is 5.83. The number of nitrogens with zero attached hydrogens (tertiary/aromatic N) is 1. The zero-order valence-electron chi connectivity index (χ0n) is 15.6. The van der Waals surface area contributed by atoms with Gasteiger partial charge in [-0.2, -0.15) is 0 Å². The molecular formula is C19H27N3O4. The summed E-state index contributed by atoms with van der Waals surface area (Å²) in [5.41, 5.74) is 7.94. The molecule has 0 unspecified atom stereocenters. The Morgan fingerprint density at radius 1 is 1.12 bits per heavy atom. The summed E-state index contributed by atoms with van der Waals surface area (Å²) in [4.78, 5) is 29.6. The van der Waals surface area contributed by atoms with E-state index < -0.39 is 5.97 Å². The number of carbonyl (C=O) groups is 2. The lowest BCUT2D eigenvalue weighted by atomic mass is 10.1. The minimum atomic E-state index is -0.451. The van der Waals surface area contributed by atoms with Gasteiger partial charge < -0.3 is 25.1 Å². The summed E-state index contributed by atoms with van der Waals surface area (Å²) in [7, 11) is 0. The number of rotatable bonds is 9. The molecule has 1 heterocycles. The molecule has 1 aromatic carbocycles. The van der Waals surface area contributed by atoms with E-state index >= 15 is 0 Å². The lowest BCUT2D eigenvalue weighted by Crippen LogP contribution is -2.27. The number of aromatic nitrogens is 1. The van der Waals surface area contributed by atoms with Crippen LogP contribution in [0.3, 0.4) is 0 Å². The van der Waals surface area contributed by atoms with Gasteiger partial charge in [-0.25, -0.2) is 9.59 Å². The summed E-state index contributed by atoms with van der Waals surface area (Å²) in [6.07, 6.45) is 0. The van der Waals surface area contributed by atoms with Gasteiger partial charge in [0, 0.05) is 29.6 Å². The van der Waals surface area contributed by atoms with Crippen molar-refractivity contribution in [3.05, 3.63) is 35.0 Å². The van der Waals surface area contributed by atoms with Crippen LogP contribution in [-0.2, 0) is 16.0 Å². The van der Waals surface area contributed by atoms with Crippen molar-refractivity contribution < 1.29 is 19.1 Å². The molecule has 0 saturated heterocycles. The average molecular weight is 361 g/mol. The average Bonchev–Trinajstić information content (AvgIpc) is 3.03. The molecule has 26 heavy (non-hydrogen) atoms. The molecule has 0 aliphatic carbocycles. The van der Waals surface area contributed by atoms with Gasteiger partial charge in [0.15, 0.2) is 0 Å². The van der Waals surface area contributed by atoms with Crippen molar-refractivity contribution >= 4 is 22.8 Å². The van der Waals surface area contributed by atoms with Gasteiger partial charge in [-0.15, -0.1) is 0 Å². The topological polar surface area (TPSA) is 97.6 Å². The molecular weight excluding hydrogens is 334 g/mol. The van der Waals surface area contributed by atoms with E-state index in [-0.39, 0.29) is 19.1 Å². The van der Waals surface area contributed by atoms with E-state index in [2.05, 4.69) is 23.7 Å². The summed E-state index contributed by atoms with van der Waals surface area (Å²) in [6, 6.07) is 5.13. The molecule has 0 aliphatic heterocycles. The van der Waals surface area contributed by atoms with Crippen LogP contribution in [0.4, 0.5) is 0 Å². The first-order valence-corrected chi connectivity index (χ1v) is 8.96. The van der Waals surface area contributed by atoms with Crippen LogP contribution in [0.2, 0.25) is 0 Å². The minimum Gasteiger partial charge on any atom is -0.461 e. The SMILES string of the molecule is CCOC(=O)c1[nH]c2ccc(C(=O)OCCN(CC)CC)cc2c1CN. The number of H-pyrrole nitrogens is 1. The zero-order valence-corrected chi connectivity index (χ0v) is 15.6. The highest BCUT2D eigenvalue weighted by Gasteiger charge is 2.19. The number of likely N-dealkylation sites (N-methyl/N-ethyl adjacent to an activating group) is 1. The third kappa shape index (κ3) is 4.42. The molecule has 7 nitrogen and oxygen atoms in total. The van der Waals surface area contributed by atoms with E-state index in [0.29, 0.717) is 30.0 Å². The molecule has 1 aromatic heterocycles. The highest BCUT2D eigenvalue weighted by Crippen LogP contribution is 2.24. The Hall–Kier alpha value is -2.38. The van der Waals surface area contributed by atoms with Crippen molar-refractivity contribution in [3.63, 3.8) is 0 Å². The fraction of sp³-hybridized carbons (Fsp3) is 0.474. The fourth-order valence-corrected chi connectivity index (χ4v) is 2.85. The van der Waals surface area contributed by atoms with Crippen LogP contribution >= 0.6 is 0 Å². The summed E-state index contributed by atoms with van der Waals surface area (Å²) >= 11 is 0. The number of aromatic amines is 1. The molecule has 2 aromatic rings. The lowest BCUT2D eigenvalue weighted by Gasteiger charge is -2.17. The predicted octanol–water partition coefficient (Wildman–Crippen LogP) is 2.30. The van der Waals surface area contributed by atoms with E-state index in [1.54, 1.807) is 25.1 Å². The van der Waals surface area contributed by atoms with Crippen molar-refractivity contribution in [2.24, 2.45) is 5.73 Å². The molecule has 0 aliphatic rings. The maximum atomic E-state index is 12.3. The number of nitrogens with two attached hydrogens (primary N) is 1. The number of ether oxygens (including phenoxy) is 2. The second-order valence-corrected chi connectivity index (χ2v) is 5.83. The molecule has 0 bridgehead atoms. The summed E-state index contributed by atoms with van der Waals surface area (Å²) in [6.45, 7) is 9.20. The highest BCUT2D eigenvalue weighted by atomic mass is 16.5. The number of fused-ring (bicyclic) bond motifs is 1. The molecule has 142 valence electrons.